The van der Waals surface area contributed by atoms with E-state index in [1.165, 1.54) is 35.0 Å². The lowest BCUT2D eigenvalue weighted by molar-refractivity contribution is 0.218. The number of sulfone groups is 1. The molecule has 2 N–H and O–H groups in total. The molecule has 6 nitrogen and oxygen atoms in total. The predicted octanol–water partition coefficient (Wildman–Crippen LogP) is 5.09. The molecule has 0 amide bonds. The molecule has 3 aromatic rings. The van der Waals surface area contributed by atoms with E-state index in [0.717, 1.165) is 29.5 Å². The minimum atomic E-state index is -3.38. The molecule has 1 unspecified atom stereocenters. The number of hydrogen-bond donors (Lipinski definition) is 2. The van der Waals surface area contributed by atoms with Crippen molar-refractivity contribution in [3.63, 3.8) is 0 Å². The van der Waals surface area contributed by atoms with Gasteiger partial charge in [-0.1, -0.05) is 27.7 Å². The molecule has 0 spiro atoms. The highest BCUT2D eigenvalue weighted by Crippen LogP contribution is 2.45. The van der Waals surface area contributed by atoms with E-state index in [1.807, 2.05) is 0 Å². The Morgan fingerprint density at radius 1 is 1.27 bits per heavy atom. The fourth-order valence-electron chi connectivity index (χ4n) is 4.05. The zero-order chi connectivity index (χ0) is 21.7. The molecule has 30 heavy (non-hydrogen) atoms. The average Bonchev–Trinajstić information content (AvgIpc) is 3.07. The number of fused-ring (bicyclic) bond motifs is 3. The minimum Gasteiger partial charge on any atom is -0.506 e. The predicted molar refractivity (Wildman–Crippen MR) is 122 cm³/mol. The molecule has 0 saturated carbocycles. The van der Waals surface area contributed by atoms with E-state index in [0.29, 0.717) is 17.4 Å². The summed E-state index contributed by atoms with van der Waals surface area (Å²) >= 11 is 1.71. The summed E-state index contributed by atoms with van der Waals surface area (Å²) < 4.78 is 24.5. The van der Waals surface area contributed by atoms with Crippen molar-refractivity contribution in [2.75, 3.05) is 11.1 Å². The van der Waals surface area contributed by atoms with Crippen LogP contribution in [-0.4, -0.2) is 29.2 Å². The monoisotopic (exact) mass is 445 g/mol. The maximum absolute atomic E-state index is 12.3. The number of phenolic OH excluding ortho intramolecular Hbond substituents is 1. The number of aromatic hydroxyl groups is 1. The lowest BCUT2D eigenvalue weighted by Crippen LogP contribution is -2.26. The highest BCUT2D eigenvalue weighted by atomic mass is 32.2. The summed E-state index contributed by atoms with van der Waals surface area (Å²) in [6.07, 6.45) is 4.63. The van der Waals surface area contributed by atoms with Crippen LogP contribution >= 0.6 is 11.3 Å². The second-order valence-corrected chi connectivity index (χ2v) is 12.3. The zero-order valence-electron chi connectivity index (χ0n) is 17.7. The molecule has 160 valence electrons. The maximum atomic E-state index is 12.3. The van der Waals surface area contributed by atoms with Gasteiger partial charge in [0.15, 0.2) is 9.84 Å². The number of aromatic nitrogens is 2. The van der Waals surface area contributed by atoms with Crippen LogP contribution in [0.25, 0.3) is 10.2 Å². The summed E-state index contributed by atoms with van der Waals surface area (Å²) in [5, 5.41) is 14.5. The Hall–Kier alpha value is -2.19. The van der Waals surface area contributed by atoms with Crippen molar-refractivity contribution in [2.24, 2.45) is 11.3 Å². The highest BCUT2D eigenvalue weighted by molar-refractivity contribution is 7.91. The van der Waals surface area contributed by atoms with E-state index < -0.39 is 9.84 Å². The van der Waals surface area contributed by atoms with Crippen LogP contribution in [0.4, 0.5) is 11.5 Å². The number of aryl methyl sites for hydroxylation is 1. The Kier molecular flexibility index (Phi) is 5.26. The van der Waals surface area contributed by atoms with Gasteiger partial charge in [-0.25, -0.2) is 18.4 Å². The van der Waals surface area contributed by atoms with Crippen LogP contribution in [0.1, 0.15) is 44.6 Å². The molecule has 4 rings (SSSR count). The van der Waals surface area contributed by atoms with E-state index in [1.54, 1.807) is 18.3 Å². The van der Waals surface area contributed by atoms with Gasteiger partial charge in [-0.3, -0.25) is 0 Å². The van der Waals surface area contributed by atoms with E-state index >= 15 is 0 Å². The second-order valence-electron chi connectivity index (χ2n) is 8.92. The van der Waals surface area contributed by atoms with Crippen LogP contribution in [0.5, 0.6) is 5.75 Å². The zero-order valence-corrected chi connectivity index (χ0v) is 19.3. The number of benzene rings is 1. The van der Waals surface area contributed by atoms with Crippen molar-refractivity contribution in [2.45, 2.75) is 51.9 Å². The molecule has 1 atom stereocenters. The van der Waals surface area contributed by atoms with Gasteiger partial charge in [0, 0.05) is 4.88 Å². The third-order valence-electron chi connectivity index (χ3n) is 6.03. The first-order valence-electron chi connectivity index (χ1n) is 10.2. The van der Waals surface area contributed by atoms with Crippen LogP contribution in [0, 0.1) is 11.3 Å². The van der Waals surface area contributed by atoms with Crippen molar-refractivity contribution >= 4 is 42.9 Å². The molecule has 0 fully saturated rings. The third kappa shape index (κ3) is 3.78. The largest absolute Gasteiger partial charge is 0.506 e. The lowest BCUT2D eigenvalue weighted by Gasteiger charge is -2.33. The summed E-state index contributed by atoms with van der Waals surface area (Å²) in [5.41, 5.74) is 1.86. The average molecular weight is 446 g/mol. The van der Waals surface area contributed by atoms with Gasteiger partial charge in [0.1, 0.15) is 22.7 Å². The van der Waals surface area contributed by atoms with Gasteiger partial charge < -0.3 is 10.4 Å². The quantitative estimate of drug-likeness (QED) is 0.544. The fraction of sp³-hybridized carbons (Fsp3) is 0.455. The number of thiophene rings is 1. The molecule has 1 aliphatic rings. The lowest BCUT2D eigenvalue weighted by atomic mass is 9.72. The van der Waals surface area contributed by atoms with Gasteiger partial charge in [0.25, 0.3) is 0 Å². The van der Waals surface area contributed by atoms with Crippen molar-refractivity contribution < 1.29 is 13.5 Å². The number of nitrogens with zero attached hydrogens (tertiary/aromatic N) is 2. The van der Waals surface area contributed by atoms with Crippen molar-refractivity contribution in [3.05, 3.63) is 35.0 Å². The van der Waals surface area contributed by atoms with Crippen LogP contribution < -0.4 is 5.32 Å². The standard InChI is InChI=1S/C22H27N3O3S2/c1-5-30(27,28)14-7-9-17(26)16(11-14)25-20-19-15-8-6-13(22(2,3)4)10-18(15)29-21(19)24-12-23-20/h7,9,11-13,26H,5-6,8,10H2,1-4H3,(H,23,24,25). The normalized spacial score (nSPS) is 17.1. The molecule has 2 heterocycles. The Morgan fingerprint density at radius 3 is 2.73 bits per heavy atom. The molecule has 2 aromatic heterocycles. The Balaban J connectivity index is 1.75. The molecule has 1 aliphatic carbocycles. The van der Waals surface area contributed by atoms with Crippen LogP contribution in [0.15, 0.2) is 29.4 Å². The molecule has 0 aliphatic heterocycles. The first-order chi connectivity index (χ1) is 14.1. The Labute approximate surface area is 181 Å². The van der Waals surface area contributed by atoms with Gasteiger partial charge in [-0.15, -0.1) is 11.3 Å². The molecule has 8 heteroatoms. The summed E-state index contributed by atoms with van der Waals surface area (Å²) in [5.74, 6) is 1.21. The van der Waals surface area contributed by atoms with Gasteiger partial charge in [-0.2, -0.15) is 0 Å². The van der Waals surface area contributed by atoms with E-state index in [-0.39, 0.29) is 21.8 Å². The topological polar surface area (TPSA) is 92.2 Å². The van der Waals surface area contributed by atoms with E-state index in [4.69, 9.17) is 0 Å². The fourth-order valence-corrected chi connectivity index (χ4v) is 6.22. The number of hydrogen-bond acceptors (Lipinski definition) is 7. The summed E-state index contributed by atoms with van der Waals surface area (Å²) in [4.78, 5) is 11.4. The SMILES string of the molecule is CCS(=O)(=O)c1ccc(O)c(Nc2ncnc3sc4c(c23)CCC(C(C)(C)C)C4)c1. The third-order valence-corrected chi connectivity index (χ3v) is 8.92. The van der Waals surface area contributed by atoms with Gasteiger partial charge in [0.05, 0.1) is 21.7 Å². The number of rotatable bonds is 4. The molecular formula is C22H27N3O3S2. The molecule has 0 bridgehead atoms. The van der Waals surface area contributed by atoms with Crippen LogP contribution in [0.2, 0.25) is 0 Å². The number of nitrogens with one attached hydrogen (secondary N) is 1. The smallest absolute Gasteiger partial charge is 0.178 e. The first-order valence-corrected chi connectivity index (χ1v) is 12.6. The molecule has 1 aromatic carbocycles. The first kappa shape index (κ1) is 21.1. The van der Waals surface area contributed by atoms with Gasteiger partial charge in [0.2, 0.25) is 0 Å². The molecule has 0 radical (unpaired) electrons. The molecule has 0 saturated heterocycles. The molecular weight excluding hydrogens is 418 g/mol. The summed E-state index contributed by atoms with van der Waals surface area (Å²) in [7, 11) is -3.38. The number of anilines is 2. The van der Waals surface area contributed by atoms with Crippen LogP contribution in [0.3, 0.4) is 0 Å². The summed E-state index contributed by atoms with van der Waals surface area (Å²) in [6.45, 7) is 8.49. The summed E-state index contributed by atoms with van der Waals surface area (Å²) in [6, 6.07) is 4.30. The highest BCUT2D eigenvalue weighted by Gasteiger charge is 2.31. The number of phenols is 1. The Morgan fingerprint density at radius 2 is 2.03 bits per heavy atom. The van der Waals surface area contributed by atoms with E-state index in [9.17, 15) is 13.5 Å². The van der Waals surface area contributed by atoms with Crippen LogP contribution in [-0.2, 0) is 22.7 Å². The Bertz CT molecular complexity index is 1210. The maximum Gasteiger partial charge on any atom is 0.178 e. The van der Waals surface area contributed by atoms with E-state index in [2.05, 4.69) is 36.1 Å². The van der Waals surface area contributed by atoms with Crippen molar-refractivity contribution in [1.82, 2.24) is 9.97 Å². The minimum absolute atomic E-state index is 0.00193. The second kappa shape index (κ2) is 7.50. The van der Waals surface area contributed by atoms with Crippen molar-refractivity contribution in [1.29, 1.82) is 0 Å². The van der Waals surface area contributed by atoms with Gasteiger partial charge >= 0.3 is 0 Å². The van der Waals surface area contributed by atoms with Crippen molar-refractivity contribution in [3.8, 4) is 5.75 Å². The van der Waals surface area contributed by atoms with Gasteiger partial charge in [-0.05, 0) is 54.4 Å².